The fourth-order valence-corrected chi connectivity index (χ4v) is 1.81. The highest BCUT2D eigenvalue weighted by Gasteiger charge is 2.33. The van der Waals surface area contributed by atoms with Crippen molar-refractivity contribution in [2.45, 2.75) is 38.6 Å². The van der Waals surface area contributed by atoms with Crippen molar-refractivity contribution < 1.29 is 27.6 Å². The fraction of sp³-hybridized carbons (Fsp3) is 0.500. The van der Waals surface area contributed by atoms with Crippen LogP contribution in [0.1, 0.15) is 37.9 Å². The Morgan fingerprint density at radius 2 is 1.96 bits per heavy atom. The van der Waals surface area contributed by atoms with Crippen LogP contribution in [0.5, 0.6) is 0 Å². The quantitative estimate of drug-likeness (QED) is 0.641. The van der Waals surface area contributed by atoms with Crippen LogP contribution in [0, 0.1) is 10.1 Å². The van der Waals surface area contributed by atoms with Crippen molar-refractivity contribution in [2.24, 2.45) is 5.73 Å². The van der Waals surface area contributed by atoms with Gasteiger partial charge < -0.3 is 15.8 Å². The molecule has 0 saturated carbocycles. The molecular formula is C14H18F3N3O4. The summed E-state index contributed by atoms with van der Waals surface area (Å²) in [5.74, 6) is 0. The van der Waals surface area contributed by atoms with E-state index in [0.717, 1.165) is 6.07 Å². The van der Waals surface area contributed by atoms with E-state index in [9.17, 15) is 28.1 Å². The second-order valence-electron chi connectivity index (χ2n) is 6.02. The molecule has 1 atom stereocenters. The van der Waals surface area contributed by atoms with Gasteiger partial charge in [0.15, 0.2) is 0 Å². The number of benzene rings is 1. The molecule has 0 aliphatic carbocycles. The summed E-state index contributed by atoms with van der Waals surface area (Å²) in [7, 11) is 0. The number of amides is 1. The number of alkyl halides is 3. The lowest BCUT2D eigenvalue weighted by Crippen LogP contribution is -2.36. The van der Waals surface area contributed by atoms with Crippen molar-refractivity contribution in [3.8, 4) is 0 Å². The number of carbonyl (C=O) groups excluding carboxylic acids is 1. The van der Waals surface area contributed by atoms with Crippen molar-refractivity contribution in [1.29, 1.82) is 0 Å². The lowest BCUT2D eigenvalue weighted by atomic mass is 10.0. The minimum Gasteiger partial charge on any atom is -0.444 e. The molecular weight excluding hydrogens is 331 g/mol. The normalized spacial score (nSPS) is 13.3. The summed E-state index contributed by atoms with van der Waals surface area (Å²) in [5.41, 5.74) is 2.98. The molecule has 0 aliphatic heterocycles. The SMILES string of the molecule is CC(C)(C)OC(=O)NCC(N)c1ccc(C(F)(F)F)cc1[N+](=O)[O-]. The Hall–Kier alpha value is -2.36. The van der Waals surface area contributed by atoms with Crippen molar-refractivity contribution in [3.05, 3.63) is 39.4 Å². The number of nitrogens with one attached hydrogen (secondary N) is 1. The van der Waals surface area contributed by atoms with Gasteiger partial charge in [-0.1, -0.05) is 0 Å². The minimum absolute atomic E-state index is 0.121. The Morgan fingerprint density at radius 3 is 2.42 bits per heavy atom. The van der Waals surface area contributed by atoms with E-state index in [1.165, 1.54) is 0 Å². The summed E-state index contributed by atoms with van der Waals surface area (Å²) in [4.78, 5) is 21.6. The number of nitrogens with two attached hydrogens (primary N) is 1. The molecule has 1 aromatic rings. The number of hydrogen-bond acceptors (Lipinski definition) is 5. The number of nitro benzene ring substituents is 1. The van der Waals surface area contributed by atoms with Crippen LogP contribution in [0.15, 0.2) is 18.2 Å². The molecule has 7 nitrogen and oxygen atoms in total. The number of ether oxygens (including phenoxy) is 1. The Balaban J connectivity index is 2.92. The summed E-state index contributed by atoms with van der Waals surface area (Å²) >= 11 is 0. The van der Waals surface area contributed by atoms with Gasteiger partial charge >= 0.3 is 12.3 Å². The van der Waals surface area contributed by atoms with Crippen molar-refractivity contribution >= 4 is 11.8 Å². The largest absolute Gasteiger partial charge is 0.444 e. The lowest BCUT2D eigenvalue weighted by molar-refractivity contribution is -0.386. The zero-order valence-corrected chi connectivity index (χ0v) is 13.3. The Labute approximate surface area is 136 Å². The number of alkyl carbamates (subject to hydrolysis) is 1. The van der Waals surface area contributed by atoms with E-state index in [1.54, 1.807) is 20.8 Å². The molecule has 0 bridgehead atoms. The highest BCUT2D eigenvalue weighted by atomic mass is 19.4. The highest BCUT2D eigenvalue weighted by molar-refractivity contribution is 5.67. The average molecular weight is 349 g/mol. The number of hydrogen-bond donors (Lipinski definition) is 2. The average Bonchev–Trinajstić information content (AvgIpc) is 2.41. The van der Waals surface area contributed by atoms with E-state index in [1.807, 2.05) is 0 Å². The second-order valence-corrected chi connectivity index (χ2v) is 6.02. The molecule has 134 valence electrons. The third kappa shape index (κ3) is 5.69. The highest BCUT2D eigenvalue weighted by Crippen LogP contribution is 2.34. The van der Waals surface area contributed by atoms with Gasteiger partial charge in [-0.25, -0.2) is 4.79 Å². The molecule has 24 heavy (non-hydrogen) atoms. The van der Waals surface area contributed by atoms with Crippen LogP contribution in [0.4, 0.5) is 23.7 Å². The molecule has 0 fully saturated rings. The maximum absolute atomic E-state index is 12.6. The Kier molecular flexibility index (Phi) is 5.77. The second kappa shape index (κ2) is 7.04. The Bertz CT molecular complexity index is 627. The van der Waals surface area contributed by atoms with Crippen LogP contribution in [0.2, 0.25) is 0 Å². The molecule has 1 aromatic carbocycles. The summed E-state index contributed by atoms with van der Waals surface area (Å²) < 4.78 is 42.9. The van der Waals surface area contributed by atoms with Gasteiger partial charge in [0, 0.05) is 18.2 Å². The van der Waals surface area contributed by atoms with Crippen LogP contribution in [0.3, 0.4) is 0 Å². The summed E-state index contributed by atoms with van der Waals surface area (Å²) in [6.07, 6.45) is -5.49. The van der Waals surface area contributed by atoms with Crippen molar-refractivity contribution in [2.75, 3.05) is 6.54 Å². The topological polar surface area (TPSA) is 107 Å². The van der Waals surface area contributed by atoms with Gasteiger partial charge in [-0.3, -0.25) is 10.1 Å². The first-order valence-corrected chi connectivity index (χ1v) is 6.89. The zero-order valence-electron chi connectivity index (χ0n) is 13.3. The molecule has 3 N–H and O–H groups in total. The third-order valence-electron chi connectivity index (χ3n) is 2.82. The van der Waals surface area contributed by atoms with Gasteiger partial charge in [0.25, 0.3) is 5.69 Å². The van der Waals surface area contributed by atoms with Crippen LogP contribution in [-0.4, -0.2) is 23.2 Å². The predicted molar refractivity (Wildman–Crippen MR) is 79.3 cm³/mol. The molecule has 1 unspecified atom stereocenters. The zero-order chi connectivity index (χ0) is 18.7. The van der Waals surface area contributed by atoms with Crippen molar-refractivity contribution in [1.82, 2.24) is 5.32 Å². The fourth-order valence-electron chi connectivity index (χ4n) is 1.81. The molecule has 10 heteroatoms. The maximum atomic E-state index is 12.6. The van der Waals surface area contributed by atoms with Gasteiger partial charge in [-0.15, -0.1) is 0 Å². The van der Waals surface area contributed by atoms with Crippen LogP contribution in [-0.2, 0) is 10.9 Å². The van der Waals surface area contributed by atoms with E-state index in [4.69, 9.17) is 10.5 Å². The van der Waals surface area contributed by atoms with E-state index in [0.29, 0.717) is 12.1 Å². The number of nitro groups is 1. The van der Waals surface area contributed by atoms with Gasteiger partial charge in [-0.2, -0.15) is 13.2 Å². The van der Waals surface area contributed by atoms with Crippen LogP contribution < -0.4 is 11.1 Å². The molecule has 0 saturated heterocycles. The molecule has 1 amide bonds. The van der Waals surface area contributed by atoms with Gasteiger partial charge in [0.05, 0.1) is 16.5 Å². The first kappa shape index (κ1) is 19.7. The first-order chi connectivity index (χ1) is 10.8. The number of carbonyl (C=O) groups is 1. The Morgan fingerprint density at radius 1 is 1.38 bits per heavy atom. The molecule has 0 spiro atoms. The molecule has 0 aliphatic rings. The monoisotopic (exact) mass is 349 g/mol. The van der Waals surface area contributed by atoms with Crippen molar-refractivity contribution in [3.63, 3.8) is 0 Å². The van der Waals surface area contributed by atoms with E-state index < -0.39 is 40.1 Å². The number of nitrogens with zero attached hydrogens (tertiary/aromatic N) is 1. The smallest absolute Gasteiger partial charge is 0.416 e. The summed E-state index contributed by atoms with van der Waals surface area (Å²) in [6.45, 7) is 4.70. The third-order valence-corrected chi connectivity index (χ3v) is 2.82. The maximum Gasteiger partial charge on any atom is 0.416 e. The molecule has 0 heterocycles. The lowest BCUT2D eigenvalue weighted by Gasteiger charge is -2.21. The molecule has 0 radical (unpaired) electrons. The number of halogens is 3. The van der Waals surface area contributed by atoms with Gasteiger partial charge in [0.2, 0.25) is 0 Å². The number of rotatable bonds is 4. The standard InChI is InChI=1S/C14H18F3N3O4/c1-13(2,3)24-12(21)19-7-10(18)9-5-4-8(14(15,16)17)6-11(9)20(22)23/h4-6,10H,7,18H2,1-3H3,(H,19,21). The van der Waals surface area contributed by atoms with Crippen LogP contribution >= 0.6 is 0 Å². The van der Waals surface area contributed by atoms with E-state index in [-0.39, 0.29) is 12.1 Å². The van der Waals surface area contributed by atoms with E-state index >= 15 is 0 Å². The first-order valence-electron chi connectivity index (χ1n) is 6.89. The minimum atomic E-state index is -4.71. The van der Waals surface area contributed by atoms with Crippen LogP contribution in [0.25, 0.3) is 0 Å². The predicted octanol–water partition coefficient (Wildman–Crippen LogP) is 3.14. The summed E-state index contributed by atoms with van der Waals surface area (Å²) in [6, 6.07) is 0.987. The van der Waals surface area contributed by atoms with E-state index in [2.05, 4.69) is 5.32 Å². The summed E-state index contributed by atoms with van der Waals surface area (Å²) in [5, 5.41) is 13.3. The molecule has 1 rings (SSSR count). The van der Waals surface area contributed by atoms with Gasteiger partial charge in [0.1, 0.15) is 5.60 Å². The molecule has 0 aromatic heterocycles. The van der Waals surface area contributed by atoms with Gasteiger partial charge in [-0.05, 0) is 32.9 Å².